The highest BCUT2D eigenvalue weighted by molar-refractivity contribution is 6.30. The second-order valence-corrected chi connectivity index (χ2v) is 4.79. The Labute approximate surface area is 125 Å². The van der Waals surface area contributed by atoms with Crippen LogP contribution in [0.3, 0.4) is 0 Å². The van der Waals surface area contributed by atoms with Gasteiger partial charge in [-0.1, -0.05) is 23.7 Å². The SMILES string of the molecule is O=C(Cc1cccc(Cl)c1)Nc1ccc(C(=O)O)c(F)c1. The Hall–Kier alpha value is -2.40. The number of aromatic carboxylic acids is 1. The molecule has 4 nitrogen and oxygen atoms in total. The molecular formula is C15H11ClFNO3. The van der Waals surface area contributed by atoms with Crippen molar-refractivity contribution in [3.05, 3.63) is 64.4 Å². The lowest BCUT2D eigenvalue weighted by molar-refractivity contribution is -0.115. The number of nitrogens with one attached hydrogen (secondary N) is 1. The fraction of sp³-hybridized carbons (Fsp3) is 0.0667. The predicted octanol–water partition coefficient (Wildman–Crippen LogP) is 3.36. The van der Waals surface area contributed by atoms with Gasteiger partial charge < -0.3 is 10.4 Å². The van der Waals surface area contributed by atoms with Gasteiger partial charge in [-0.2, -0.15) is 0 Å². The van der Waals surface area contributed by atoms with Crippen LogP contribution < -0.4 is 5.32 Å². The fourth-order valence-electron chi connectivity index (χ4n) is 1.80. The Morgan fingerprint density at radius 2 is 1.95 bits per heavy atom. The molecule has 6 heteroatoms. The van der Waals surface area contributed by atoms with Gasteiger partial charge in [-0.25, -0.2) is 9.18 Å². The molecule has 0 aromatic heterocycles. The maximum Gasteiger partial charge on any atom is 0.338 e. The minimum absolute atomic E-state index is 0.0862. The Kier molecular flexibility index (Phi) is 4.55. The van der Waals surface area contributed by atoms with Crippen LogP contribution in [0.5, 0.6) is 0 Å². The summed E-state index contributed by atoms with van der Waals surface area (Å²) in [4.78, 5) is 22.5. The van der Waals surface area contributed by atoms with Crippen molar-refractivity contribution in [3.8, 4) is 0 Å². The van der Waals surface area contributed by atoms with Crippen molar-refractivity contribution in [3.63, 3.8) is 0 Å². The van der Waals surface area contributed by atoms with E-state index in [1.165, 1.54) is 6.07 Å². The summed E-state index contributed by atoms with van der Waals surface area (Å²) in [5.74, 6) is -2.60. The highest BCUT2D eigenvalue weighted by Gasteiger charge is 2.11. The second-order valence-electron chi connectivity index (χ2n) is 4.35. The lowest BCUT2D eigenvalue weighted by Gasteiger charge is -2.07. The van der Waals surface area contributed by atoms with Gasteiger partial charge in [-0.3, -0.25) is 4.79 Å². The number of amides is 1. The zero-order chi connectivity index (χ0) is 15.4. The minimum atomic E-state index is -1.36. The van der Waals surface area contributed by atoms with Gasteiger partial charge in [0, 0.05) is 10.7 Å². The van der Waals surface area contributed by atoms with E-state index in [2.05, 4.69) is 5.32 Å². The average Bonchev–Trinajstić information content (AvgIpc) is 2.38. The molecule has 0 heterocycles. The normalized spacial score (nSPS) is 10.2. The van der Waals surface area contributed by atoms with E-state index in [-0.39, 0.29) is 18.0 Å². The third-order valence-corrected chi connectivity index (χ3v) is 2.97. The van der Waals surface area contributed by atoms with Crippen LogP contribution in [0, 0.1) is 5.82 Å². The van der Waals surface area contributed by atoms with Gasteiger partial charge in [-0.15, -0.1) is 0 Å². The smallest absolute Gasteiger partial charge is 0.338 e. The standard InChI is InChI=1S/C15H11ClFNO3/c16-10-3-1-2-9(6-10)7-14(19)18-11-4-5-12(15(20)21)13(17)8-11/h1-6,8H,7H2,(H,18,19)(H,20,21). The number of carboxylic acids is 1. The number of hydrogen-bond acceptors (Lipinski definition) is 2. The Morgan fingerprint density at radius 1 is 1.19 bits per heavy atom. The molecule has 2 aromatic rings. The zero-order valence-electron chi connectivity index (χ0n) is 10.8. The van der Waals surface area contributed by atoms with Crippen molar-refractivity contribution in [1.82, 2.24) is 0 Å². The average molecular weight is 308 g/mol. The first-order valence-corrected chi connectivity index (χ1v) is 6.40. The second kappa shape index (κ2) is 6.37. The van der Waals surface area contributed by atoms with Gasteiger partial charge in [0.2, 0.25) is 5.91 Å². The van der Waals surface area contributed by atoms with E-state index in [0.29, 0.717) is 5.02 Å². The molecule has 2 N–H and O–H groups in total. The van der Waals surface area contributed by atoms with Crippen LogP contribution in [0.4, 0.5) is 10.1 Å². The topological polar surface area (TPSA) is 66.4 Å². The molecule has 2 aromatic carbocycles. The van der Waals surface area contributed by atoms with E-state index in [1.807, 2.05) is 0 Å². The van der Waals surface area contributed by atoms with Gasteiger partial charge >= 0.3 is 5.97 Å². The first-order chi connectivity index (χ1) is 9.95. The summed E-state index contributed by atoms with van der Waals surface area (Å²) < 4.78 is 13.5. The summed E-state index contributed by atoms with van der Waals surface area (Å²) in [7, 11) is 0. The minimum Gasteiger partial charge on any atom is -0.478 e. The van der Waals surface area contributed by atoms with Gasteiger partial charge in [0.05, 0.1) is 12.0 Å². The van der Waals surface area contributed by atoms with E-state index in [1.54, 1.807) is 24.3 Å². The Balaban J connectivity index is 2.06. The van der Waals surface area contributed by atoms with Crippen molar-refractivity contribution in [2.75, 3.05) is 5.32 Å². The Morgan fingerprint density at radius 3 is 2.57 bits per heavy atom. The molecule has 0 spiro atoms. The number of benzene rings is 2. The molecule has 0 aliphatic carbocycles. The molecule has 0 aliphatic heterocycles. The van der Waals surface area contributed by atoms with E-state index in [4.69, 9.17) is 16.7 Å². The molecule has 21 heavy (non-hydrogen) atoms. The van der Waals surface area contributed by atoms with Crippen LogP contribution in [-0.2, 0) is 11.2 Å². The highest BCUT2D eigenvalue weighted by atomic mass is 35.5. The molecule has 0 saturated heterocycles. The number of halogens is 2. The highest BCUT2D eigenvalue weighted by Crippen LogP contribution is 2.16. The monoisotopic (exact) mass is 307 g/mol. The van der Waals surface area contributed by atoms with Crippen molar-refractivity contribution in [2.24, 2.45) is 0 Å². The molecule has 1 amide bonds. The van der Waals surface area contributed by atoms with Crippen molar-refractivity contribution < 1.29 is 19.1 Å². The summed E-state index contributed by atoms with van der Waals surface area (Å²) in [5.41, 5.74) is 0.481. The molecule has 0 unspecified atom stereocenters. The van der Waals surface area contributed by atoms with Crippen LogP contribution in [0.2, 0.25) is 5.02 Å². The number of carbonyl (C=O) groups is 2. The molecule has 0 bridgehead atoms. The molecule has 0 fully saturated rings. The maximum atomic E-state index is 13.5. The number of hydrogen-bond donors (Lipinski definition) is 2. The summed E-state index contributed by atoms with van der Waals surface area (Å²) in [6.07, 6.45) is 0.0862. The lowest BCUT2D eigenvalue weighted by atomic mass is 10.1. The molecular weight excluding hydrogens is 297 g/mol. The van der Waals surface area contributed by atoms with E-state index in [0.717, 1.165) is 17.7 Å². The summed E-state index contributed by atoms with van der Waals surface area (Å²) >= 11 is 5.82. The van der Waals surface area contributed by atoms with E-state index >= 15 is 0 Å². The van der Waals surface area contributed by atoms with Crippen LogP contribution in [0.15, 0.2) is 42.5 Å². The summed E-state index contributed by atoms with van der Waals surface area (Å²) in [5, 5.41) is 11.7. The number of carboxylic acid groups (broad SMARTS) is 1. The van der Waals surface area contributed by atoms with Crippen LogP contribution in [0.25, 0.3) is 0 Å². The molecule has 2 rings (SSSR count). The largest absolute Gasteiger partial charge is 0.478 e. The third kappa shape index (κ3) is 4.03. The summed E-state index contributed by atoms with van der Waals surface area (Å²) in [6.45, 7) is 0. The number of carbonyl (C=O) groups excluding carboxylic acids is 1. The molecule has 0 aliphatic rings. The van der Waals surface area contributed by atoms with Crippen LogP contribution >= 0.6 is 11.6 Å². The van der Waals surface area contributed by atoms with E-state index < -0.39 is 17.3 Å². The first kappa shape index (κ1) is 15.0. The van der Waals surface area contributed by atoms with Gasteiger partial charge in [0.25, 0.3) is 0 Å². The zero-order valence-corrected chi connectivity index (χ0v) is 11.5. The molecule has 0 atom stereocenters. The summed E-state index contributed by atoms with van der Waals surface area (Å²) in [6, 6.07) is 10.2. The first-order valence-electron chi connectivity index (χ1n) is 6.03. The van der Waals surface area contributed by atoms with Gasteiger partial charge in [-0.05, 0) is 35.9 Å². The van der Waals surface area contributed by atoms with Crippen molar-refractivity contribution in [1.29, 1.82) is 0 Å². The van der Waals surface area contributed by atoms with Gasteiger partial charge in [0.1, 0.15) is 5.82 Å². The maximum absolute atomic E-state index is 13.5. The number of rotatable bonds is 4. The number of anilines is 1. The lowest BCUT2D eigenvalue weighted by Crippen LogP contribution is -2.15. The van der Waals surface area contributed by atoms with Crippen LogP contribution in [-0.4, -0.2) is 17.0 Å². The van der Waals surface area contributed by atoms with E-state index in [9.17, 15) is 14.0 Å². The van der Waals surface area contributed by atoms with Crippen molar-refractivity contribution in [2.45, 2.75) is 6.42 Å². The van der Waals surface area contributed by atoms with Gasteiger partial charge in [0.15, 0.2) is 0 Å². The Bertz CT molecular complexity index is 703. The predicted molar refractivity (Wildman–Crippen MR) is 77.1 cm³/mol. The molecule has 0 radical (unpaired) electrons. The van der Waals surface area contributed by atoms with Crippen molar-refractivity contribution >= 4 is 29.2 Å². The fourth-order valence-corrected chi connectivity index (χ4v) is 2.02. The molecule has 0 saturated carbocycles. The molecule has 108 valence electrons. The van der Waals surface area contributed by atoms with Crippen LogP contribution in [0.1, 0.15) is 15.9 Å². The quantitative estimate of drug-likeness (QED) is 0.910. The third-order valence-electron chi connectivity index (χ3n) is 2.74.